The standard InChI is InChI=1S/C11H10FN5O/c1-6-14-10(16-18-6)5-17-9-3-2-7(12)4-8(9)15-11(17)13/h2-4H,5H2,1H3,(H2,13,15). The first-order valence-corrected chi connectivity index (χ1v) is 5.34. The number of aromatic nitrogens is 4. The maximum absolute atomic E-state index is 13.1. The van der Waals surface area contributed by atoms with Crippen LogP contribution in [-0.4, -0.2) is 19.7 Å². The van der Waals surface area contributed by atoms with Crippen molar-refractivity contribution in [2.45, 2.75) is 13.5 Å². The van der Waals surface area contributed by atoms with Gasteiger partial charge in [-0.05, 0) is 12.1 Å². The minimum atomic E-state index is -0.345. The number of benzene rings is 1. The molecule has 0 aliphatic rings. The van der Waals surface area contributed by atoms with Gasteiger partial charge in [0.1, 0.15) is 5.82 Å². The summed E-state index contributed by atoms with van der Waals surface area (Å²) < 4.78 is 19.7. The van der Waals surface area contributed by atoms with Crippen molar-refractivity contribution >= 4 is 17.0 Å². The Morgan fingerprint density at radius 1 is 1.39 bits per heavy atom. The van der Waals surface area contributed by atoms with Crippen LogP contribution in [0.25, 0.3) is 11.0 Å². The summed E-state index contributed by atoms with van der Waals surface area (Å²) in [5.74, 6) is 0.933. The molecule has 0 saturated carbocycles. The van der Waals surface area contributed by atoms with Gasteiger partial charge in [-0.25, -0.2) is 9.37 Å². The molecule has 0 bridgehead atoms. The quantitative estimate of drug-likeness (QED) is 0.741. The normalized spacial score (nSPS) is 11.2. The Kier molecular flexibility index (Phi) is 2.26. The minimum absolute atomic E-state index is 0.290. The topological polar surface area (TPSA) is 82.8 Å². The second-order valence-corrected chi connectivity index (χ2v) is 3.92. The van der Waals surface area contributed by atoms with Crippen LogP contribution in [0.1, 0.15) is 11.7 Å². The molecule has 0 unspecified atom stereocenters. The number of halogens is 1. The van der Waals surface area contributed by atoms with Gasteiger partial charge in [-0.2, -0.15) is 4.98 Å². The van der Waals surface area contributed by atoms with Crippen molar-refractivity contribution in [3.8, 4) is 0 Å². The highest BCUT2D eigenvalue weighted by Crippen LogP contribution is 2.19. The largest absolute Gasteiger partial charge is 0.369 e. The molecule has 1 aromatic carbocycles. The number of fused-ring (bicyclic) bond motifs is 1. The van der Waals surface area contributed by atoms with Gasteiger partial charge in [0, 0.05) is 13.0 Å². The molecule has 2 heterocycles. The van der Waals surface area contributed by atoms with Crippen LogP contribution in [0.15, 0.2) is 22.7 Å². The zero-order valence-electron chi connectivity index (χ0n) is 9.59. The van der Waals surface area contributed by atoms with Gasteiger partial charge in [0.15, 0.2) is 5.82 Å². The van der Waals surface area contributed by atoms with Crippen LogP contribution in [0, 0.1) is 12.7 Å². The fourth-order valence-corrected chi connectivity index (χ4v) is 1.83. The number of nitrogen functional groups attached to an aromatic ring is 1. The van der Waals surface area contributed by atoms with Gasteiger partial charge >= 0.3 is 0 Å². The molecular weight excluding hydrogens is 237 g/mol. The van der Waals surface area contributed by atoms with E-state index in [1.807, 2.05) is 0 Å². The number of nitrogens with zero attached hydrogens (tertiary/aromatic N) is 4. The Morgan fingerprint density at radius 2 is 2.22 bits per heavy atom. The average Bonchev–Trinajstić information content (AvgIpc) is 2.84. The predicted molar refractivity (Wildman–Crippen MR) is 62.2 cm³/mol. The molecule has 0 fully saturated rings. The molecule has 2 N–H and O–H groups in total. The van der Waals surface area contributed by atoms with Crippen LogP contribution in [-0.2, 0) is 6.54 Å². The summed E-state index contributed by atoms with van der Waals surface area (Å²) in [5, 5.41) is 3.79. The predicted octanol–water partition coefficient (Wildman–Crippen LogP) is 1.50. The molecule has 2 aromatic heterocycles. The maximum Gasteiger partial charge on any atom is 0.223 e. The number of hydrogen-bond donors (Lipinski definition) is 1. The molecule has 0 amide bonds. The van der Waals surface area contributed by atoms with Gasteiger partial charge in [0.2, 0.25) is 11.8 Å². The van der Waals surface area contributed by atoms with Crippen molar-refractivity contribution in [2.75, 3.05) is 5.73 Å². The molecule has 0 spiro atoms. The van der Waals surface area contributed by atoms with Gasteiger partial charge in [0.05, 0.1) is 17.6 Å². The summed E-state index contributed by atoms with van der Waals surface area (Å²) in [6.07, 6.45) is 0. The van der Waals surface area contributed by atoms with Crippen molar-refractivity contribution < 1.29 is 8.91 Å². The van der Waals surface area contributed by atoms with Crippen LogP contribution in [0.3, 0.4) is 0 Å². The minimum Gasteiger partial charge on any atom is -0.369 e. The van der Waals surface area contributed by atoms with Gasteiger partial charge in [-0.1, -0.05) is 5.16 Å². The zero-order chi connectivity index (χ0) is 12.7. The van der Waals surface area contributed by atoms with Crippen LogP contribution >= 0.6 is 0 Å². The molecule has 0 radical (unpaired) electrons. The van der Waals surface area contributed by atoms with Gasteiger partial charge in [0.25, 0.3) is 0 Å². The van der Waals surface area contributed by atoms with E-state index < -0.39 is 0 Å². The van der Waals surface area contributed by atoms with Crippen molar-refractivity contribution in [2.24, 2.45) is 0 Å². The third-order valence-electron chi connectivity index (χ3n) is 2.61. The molecular formula is C11H10FN5O. The number of imidazole rings is 1. The molecule has 92 valence electrons. The third-order valence-corrected chi connectivity index (χ3v) is 2.61. The Hall–Kier alpha value is -2.44. The van der Waals surface area contributed by atoms with Gasteiger partial charge in [-0.3, -0.25) is 0 Å². The van der Waals surface area contributed by atoms with Crippen molar-refractivity contribution in [1.29, 1.82) is 0 Å². The molecule has 18 heavy (non-hydrogen) atoms. The van der Waals surface area contributed by atoms with E-state index in [1.54, 1.807) is 17.6 Å². The first-order valence-electron chi connectivity index (χ1n) is 5.34. The zero-order valence-corrected chi connectivity index (χ0v) is 9.59. The molecule has 0 atom stereocenters. The number of nitrogens with two attached hydrogens (primary N) is 1. The highest BCUT2D eigenvalue weighted by atomic mass is 19.1. The summed E-state index contributed by atoms with van der Waals surface area (Å²) in [6.45, 7) is 2.05. The van der Waals surface area contributed by atoms with Crippen LogP contribution in [0.4, 0.5) is 10.3 Å². The Labute approximate surface area is 101 Å². The third kappa shape index (κ3) is 1.69. The molecule has 0 aliphatic heterocycles. The number of anilines is 1. The monoisotopic (exact) mass is 247 g/mol. The first kappa shape index (κ1) is 10.7. The van der Waals surface area contributed by atoms with E-state index in [0.717, 1.165) is 5.52 Å². The van der Waals surface area contributed by atoms with E-state index >= 15 is 0 Å². The van der Waals surface area contributed by atoms with E-state index in [0.29, 0.717) is 23.8 Å². The summed E-state index contributed by atoms with van der Waals surface area (Å²) >= 11 is 0. The lowest BCUT2D eigenvalue weighted by Crippen LogP contribution is -2.05. The lowest BCUT2D eigenvalue weighted by atomic mass is 10.3. The molecule has 0 saturated heterocycles. The lowest BCUT2D eigenvalue weighted by Gasteiger charge is -2.02. The smallest absolute Gasteiger partial charge is 0.223 e. The molecule has 6 nitrogen and oxygen atoms in total. The van der Waals surface area contributed by atoms with Crippen molar-refractivity contribution in [3.63, 3.8) is 0 Å². The highest BCUT2D eigenvalue weighted by molar-refractivity contribution is 5.78. The fraction of sp³-hybridized carbons (Fsp3) is 0.182. The Bertz CT molecular complexity index is 717. The summed E-state index contributed by atoms with van der Waals surface area (Å²) in [5.41, 5.74) is 7.04. The van der Waals surface area contributed by atoms with Gasteiger partial charge in [-0.15, -0.1) is 0 Å². The van der Waals surface area contributed by atoms with E-state index in [-0.39, 0.29) is 11.8 Å². The summed E-state index contributed by atoms with van der Waals surface area (Å²) in [4.78, 5) is 8.19. The molecule has 7 heteroatoms. The second-order valence-electron chi connectivity index (χ2n) is 3.92. The summed E-state index contributed by atoms with van der Waals surface area (Å²) in [6, 6.07) is 4.33. The van der Waals surface area contributed by atoms with E-state index in [1.165, 1.54) is 12.1 Å². The molecule has 3 rings (SSSR count). The van der Waals surface area contributed by atoms with Crippen LogP contribution in [0.5, 0.6) is 0 Å². The van der Waals surface area contributed by atoms with Gasteiger partial charge < -0.3 is 14.8 Å². The summed E-state index contributed by atoms with van der Waals surface area (Å²) in [7, 11) is 0. The molecule has 0 aliphatic carbocycles. The molecule has 3 aromatic rings. The SMILES string of the molecule is Cc1nc(Cn2c(N)nc3cc(F)ccc32)no1. The Balaban J connectivity index is 2.08. The van der Waals surface area contributed by atoms with Crippen LogP contribution in [0.2, 0.25) is 0 Å². The average molecular weight is 247 g/mol. The first-order chi connectivity index (χ1) is 8.63. The maximum atomic E-state index is 13.1. The second kappa shape index (κ2) is 3.80. The van der Waals surface area contributed by atoms with Crippen molar-refractivity contribution in [1.82, 2.24) is 19.7 Å². The van der Waals surface area contributed by atoms with Crippen molar-refractivity contribution in [3.05, 3.63) is 35.7 Å². The fourth-order valence-electron chi connectivity index (χ4n) is 1.83. The number of rotatable bonds is 2. The number of hydrogen-bond acceptors (Lipinski definition) is 5. The number of aryl methyl sites for hydroxylation is 1. The Morgan fingerprint density at radius 3 is 2.94 bits per heavy atom. The van der Waals surface area contributed by atoms with E-state index in [9.17, 15) is 4.39 Å². The van der Waals surface area contributed by atoms with Crippen LogP contribution < -0.4 is 5.73 Å². The van der Waals surface area contributed by atoms with E-state index in [4.69, 9.17) is 10.3 Å². The lowest BCUT2D eigenvalue weighted by molar-refractivity contribution is 0.386. The highest BCUT2D eigenvalue weighted by Gasteiger charge is 2.11. The van der Waals surface area contributed by atoms with E-state index in [2.05, 4.69) is 15.1 Å².